The zero-order valence-electron chi connectivity index (χ0n) is 30.0. The molecule has 55 heavy (non-hydrogen) atoms. The first kappa shape index (κ1) is 32.6. The highest BCUT2D eigenvalue weighted by atomic mass is 28.3. The summed E-state index contributed by atoms with van der Waals surface area (Å²) in [7, 11) is -2.86. The summed E-state index contributed by atoms with van der Waals surface area (Å²) in [6.45, 7) is 0. The van der Waals surface area contributed by atoms with E-state index >= 15 is 0 Å². The van der Waals surface area contributed by atoms with E-state index in [0.29, 0.717) is 17.5 Å². The predicted octanol–water partition coefficient (Wildman–Crippen LogP) is 9.56. The van der Waals surface area contributed by atoms with Crippen molar-refractivity contribution in [3.05, 3.63) is 212 Å². The maximum absolute atomic E-state index is 5.05. The van der Waals surface area contributed by atoms with Crippen LogP contribution in [0.5, 0.6) is 0 Å². The fraction of sp³-hybridized carbons (Fsp3) is 0. The molecule has 1 aliphatic rings. The number of rotatable bonds is 7. The van der Waals surface area contributed by atoms with Gasteiger partial charge < -0.3 is 0 Å². The van der Waals surface area contributed by atoms with Crippen LogP contribution in [0.4, 0.5) is 0 Å². The van der Waals surface area contributed by atoms with Crippen LogP contribution in [0.1, 0.15) is 0 Å². The van der Waals surface area contributed by atoms with Gasteiger partial charge >= 0.3 is 0 Å². The molecule has 9 aromatic rings. The third kappa shape index (κ3) is 5.72. The van der Waals surface area contributed by atoms with E-state index < -0.39 is 8.07 Å². The van der Waals surface area contributed by atoms with Crippen molar-refractivity contribution >= 4 is 28.8 Å². The van der Waals surface area contributed by atoms with E-state index in [-0.39, 0.29) is 0 Å². The molecule has 0 N–H and O–H groups in total. The molecule has 2 heterocycles. The molecule has 0 amide bonds. The molecule has 0 radical (unpaired) electrons. The lowest BCUT2D eigenvalue weighted by Gasteiger charge is -2.32. The zero-order chi connectivity index (χ0) is 36.6. The lowest BCUT2D eigenvalue weighted by molar-refractivity contribution is 1.07. The Bertz CT molecular complexity index is 2630. The maximum Gasteiger partial charge on any atom is 0.180 e. The molecule has 8 aromatic carbocycles. The van der Waals surface area contributed by atoms with Crippen LogP contribution in [0.3, 0.4) is 0 Å². The lowest BCUT2D eigenvalue weighted by atomic mass is 9.99. The summed E-state index contributed by atoms with van der Waals surface area (Å²) < 4.78 is 0. The van der Waals surface area contributed by atoms with Crippen LogP contribution < -0.4 is 20.7 Å². The van der Waals surface area contributed by atoms with Gasteiger partial charge in [-0.1, -0.05) is 206 Å². The first-order valence-electron chi connectivity index (χ1n) is 18.7. The third-order valence-electron chi connectivity index (χ3n) is 10.8. The number of aromatic nitrogens is 3. The Labute approximate surface area is 322 Å². The van der Waals surface area contributed by atoms with Gasteiger partial charge in [0.2, 0.25) is 0 Å². The Morgan fingerprint density at radius 3 is 1.02 bits per heavy atom. The smallest absolute Gasteiger partial charge is 0.180 e. The Hall–Kier alpha value is -7.01. The monoisotopic (exact) mass is 717 g/mol. The average molecular weight is 718 g/mol. The molecule has 0 fully saturated rings. The zero-order valence-corrected chi connectivity index (χ0v) is 31.0. The van der Waals surface area contributed by atoms with Gasteiger partial charge in [-0.3, -0.25) is 0 Å². The minimum atomic E-state index is -2.86. The van der Waals surface area contributed by atoms with Crippen LogP contribution in [0.25, 0.3) is 67.5 Å². The molecule has 0 unspecified atom stereocenters. The molecule has 258 valence electrons. The maximum atomic E-state index is 5.05. The number of hydrogen-bond donors (Lipinski definition) is 0. The van der Waals surface area contributed by atoms with Gasteiger partial charge in [-0.25, -0.2) is 15.0 Å². The molecule has 3 nitrogen and oxygen atoms in total. The van der Waals surface area contributed by atoms with Crippen molar-refractivity contribution in [1.29, 1.82) is 0 Å². The molecular weight excluding hydrogens is 683 g/mol. The largest absolute Gasteiger partial charge is 0.208 e. The standard InChI is InChI=1S/C51H35N3Si/c1-5-17-36(18-6-1)41-33-42(37-19-7-2-8-20-37)35-44(34-41)55(47-27-15-13-25-45(47)46-26-14-16-28-48(46)55)43-31-29-40(30-32-43)51-53-49(38-21-9-3-10-22-38)52-50(54-51)39-23-11-4-12-24-39/h1-35H. The molecule has 4 heteroatoms. The van der Waals surface area contributed by atoms with Crippen LogP contribution in [-0.2, 0) is 0 Å². The first-order chi connectivity index (χ1) is 27.3. The van der Waals surface area contributed by atoms with Crippen LogP contribution in [0, 0.1) is 0 Å². The highest BCUT2D eigenvalue weighted by Crippen LogP contribution is 2.33. The fourth-order valence-electron chi connectivity index (χ4n) is 8.27. The fourth-order valence-corrected chi connectivity index (χ4v) is 13.5. The van der Waals surface area contributed by atoms with Gasteiger partial charge in [-0.2, -0.15) is 0 Å². The molecule has 0 bridgehead atoms. The second-order valence-corrected chi connectivity index (χ2v) is 17.7. The van der Waals surface area contributed by atoms with E-state index in [1.54, 1.807) is 0 Å². The molecule has 1 aromatic heterocycles. The Morgan fingerprint density at radius 1 is 0.255 bits per heavy atom. The van der Waals surface area contributed by atoms with Crippen molar-refractivity contribution in [2.24, 2.45) is 0 Å². The Kier molecular flexibility index (Phi) is 8.16. The van der Waals surface area contributed by atoms with Crippen LogP contribution in [0.2, 0.25) is 0 Å². The SMILES string of the molecule is c1ccc(-c2cc(-c3ccccc3)cc([Si]3(c4ccc(-c5nc(-c6ccccc6)nc(-c6ccccc6)n5)cc4)c4ccccc4-c4ccccc43)c2)cc1. The van der Waals surface area contributed by atoms with Crippen molar-refractivity contribution in [2.45, 2.75) is 0 Å². The molecular formula is C51H35N3Si. The van der Waals surface area contributed by atoms with Crippen LogP contribution in [-0.4, -0.2) is 23.0 Å². The van der Waals surface area contributed by atoms with Crippen molar-refractivity contribution in [1.82, 2.24) is 15.0 Å². The van der Waals surface area contributed by atoms with Gasteiger partial charge in [-0.05, 0) is 60.2 Å². The van der Waals surface area contributed by atoms with Gasteiger partial charge in [0, 0.05) is 16.7 Å². The number of fused-ring (bicyclic) bond motifs is 3. The summed E-state index contributed by atoms with van der Waals surface area (Å²) in [5, 5.41) is 5.49. The van der Waals surface area contributed by atoms with E-state index in [2.05, 4.69) is 176 Å². The Balaban J connectivity index is 1.21. The number of benzene rings is 8. The van der Waals surface area contributed by atoms with Gasteiger partial charge in [0.1, 0.15) is 0 Å². The summed E-state index contributed by atoms with van der Waals surface area (Å²) in [6, 6.07) is 76.4. The molecule has 0 spiro atoms. The van der Waals surface area contributed by atoms with Crippen molar-refractivity contribution in [3.8, 4) is 67.5 Å². The minimum absolute atomic E-state index is 0.652. The van der Waals surface area contributed by atoms with E-state index in [4.69, 9.17) is 15.0 Å². The summed E-state index contributed by atoms with van der Waals surface area (Å²) in [6.07, 6.45) is 0. The average Bonchev–Trinajstić information content (AvgIpc) is 3.58. The van der Waals surface area contributed by atoms with Gasteiger partial charge in [0.15, 0.2) is 25.5 Å². The molecule has 0 aliphatic carbocycles. The Morgan fingerprint density at radius 2 is 0.600 bits per heavy atom. The minimum Gasteiger partial charge on any atom is -0.208 e. The first-order valence-corrected chi connectivity index (χ1v) is 20.7. The third-order valence-corrected chi connectivity index (χ3v) is 15.7. The van der Waals surface area contributed by atoms with Gasteiger partial charge in [-0.15, -0.1) is 0 Å². The van der Waals surface area contributed by atoms with E-state index in [1.165, 1.54) is 54.1 Å². The van der Waals surface area contributed by atoms with Gasteiger partial charge in [0.05, 0.1) is 0 Å². The van der Waals surface area contributed by atoms with Crippen LogP contribution in [0.15, 0.2) is 212 Å². The van der Waals surface area contributed by atoms with E-state index in [0.717, 1.165) is 16.7 Å². The van der Waals surface area contributed by atoms with Crippen molar-refractivity contribution in [3.63, 3.8) is 0 Å². The summed E-state index contributed by atoms with van der Waals surface area (Å²) in [4.78, 5) is 15.0. The number of nitrogens with zero attached hydrogens (tertiary/aromatic N) is 3. The molecule has 10 rings (SSSR count). The molecule has 1 aliphatic heterocycles. The van der Waals surface area contributed by atoms with E-state index in [9.17, 15) is 0 Å². The topological polar surface area (TPSA) is 38.7 Å². The van der Waals surface area contributed by atoms with Gasteiger partial charge in [0.25, 0.3) is 0 Å². The summed E-state index contributed by atoms with van der Waals surface area (Å²) in [5.74, 6) is 1.97. The molecule has 0 saturated carbocycles. The second-order valence-electron chi connectivity index (χ2n) is 14.0. The van der Waals surface area contributed by atoms with Crippen LogP contribution >= 0.6 is 0 Å². The lowest BCUT2D eigenvalue weighted by Crippen LogP contribution is -2.72. The van der Waals surface area contributed by atoms with Crippen molar-refractivity contribution in [2.75, 3.05) is 0 Å². The number of hydrogen-bond acceptors (Lipinski definition) is 3. The summed E-state index contributed by atoms with van der Waals surface area (Å²) >= 11 is 0. The predicted molar refractivity (Wildman–Crippen MR) is 230 cm³/mol. The second kappa shape index (κ2) is 13.8. The highest BCUT2D eigenvalue weighted by Gasteiger charge is 2.48. The van der Waals surface area contributed by atoms with Crippen molar-refractivity contribution < 1.29 is 0 Å². The normalized spacial score (nSPS) is 12.5. The molecule has 0 saturated heterocycles. The quantitative estimate of drug-likeness (QED) is 0.154. The highest BCUT2D eigenvalue weighted by molar-refractivity contribution is 7.22. The summed E-state index contributed by atoms with van der Waals surface area (Å²) in [5.41, 5.74) is 10.3. The van der Waals surface area contributed by atoms with E-state index in [1.807, 2.05) is 36.4 Å². The molecule has 0 atom stereocenters.